The number of nitrogens with zero attached hydrogens (tertiary/aromatic N) is 8. The van der Waals surface area contributed by atoms with Gasteiger partial charge in [-0.3, -0.25) is 34.2 Å². The molecule has 352 valence electrons. The lowest BCUT2D eigenvalue weighted by Crippen LogP contribution is -2.53. The Morgan fingerprint density at radius 3 is 2.39 bits per heavy atom. The molecule has 0 spiro atoms. The summed E-state index contributed by atoms with van der Waals surface area (Å²) in [6.45, 7) is 13.1. The van der Waals surface area contributed by atoms with Gasteiger partial charge in [-0.15, -0.1) is 0 Å². The maximum atomic E-state index is 13.3. The number of ether oxygens (including phenoxy) is 2. The van der Waals surface area contributed by atoms with Gasteiger partial charge in [-0.2, -0.15) is 10.1 Å². The minimum absolute atomic E-state index is 0.196. The van der Waals surface area contributed by atoms with Gasteiger partial charge in [0, 0.05) is 117 Å². The van der Waals surface area contributed by atoms with Gasteiger partial charge in [0.1, 0.15) is 37.1 Å². The SMILES string of the molecule is CCc1cc(Nc2ncc(-c3cnn(C)c3)c(Nc3ccccc3P(C)(C)=O)n2)c(OC)cc1N1CCC(N2CCN(CCOc3cccc4c3CN(C3CCC(=O)NC3=O)C4=O)CC2)CC1. The standard InChI is InChI=1S/C49H60N11O6P/c1-6-32-26-39(53-49-50-29-36(33-28-51-56(2)30-33)46(55-49)52-38-11-7-8-13-44(38)67(4,5)64)43(65-3)27-41(32)59-18-16-34(17-19-59)58-22-20-57(21-23-58)24-25-66-42-12-9-10-35-37(42)31-60(48(35)63)40-14-15-45(61)54-47(40)62/h7-13,26-30,34,40H,6,14-25,31H2,1-5H3,(H,54,61,62)(H2,50,52,53,55). The molecule has 9 rings (SSSR count). The highest BCUT2D eigenvalue weighted by Crippen LogP contribution is 2.41. The number of piperazine rings is 1. The number of benzene rings is 3. The molecule has 0 saturated carbocycles. The van der Waals surface area contributed by atoms with Crippen molar-refractivity contribution in [3.8, 4) is 22.6 Å². The van der Waals surface area contributed by atoms with Gasteiger partial charge in [0.25, 0.3) is 5.91 Å². The van der Waals surface area contributed by atoms with E-state index in [1.165, 1.54) is 11.3 Å². The van der Waals surface area contributed by atoms with E-state index in [9.17, 15) is 18.9 Å². The molecule has 6 heterocycles. The van der Waals surface area contributed by atoms with Crippen molar-refractivity contribution in [2.75, 3.05) is 88.4 Å². The molecule has 67 heavy (non-hydrogen) atoms. The van der Waals surface area contributed by atoms with E-state index in [-0.39, 0.29) is 18.2 Å². The van der Waals surface area contributed by atoms with Gasteiger partial charge in [-0.25, -0.2) is 4.98 Å². The number of rotatable bonds is 15. The average Bonchev–Trinajstić information content (AvgIpc) is 3.91. The van der Waals surface area contributed by atoms with Gasteiger partial charge in [0.15, 0.2) is 0 Å². The third-order valence-corrected chi connectivity index (χ3v) is 15.1. The van der Waals surface area contributed by atoms with Crippen LogP contribution in [0.2, 0.25) is 0 Å². The summed E-state index contributed by atoms with van der Waals surface area (Å²) in [5, 5.41) is 14.4. The Hall–Kier alpha value is -6.29. The van der Waals surface area contributed by atoms with Crippen LogP contribution in [0.5, 0.6) is 11.5 Å². The molecular weight excluding hydrogens is 870 g/mol. The summed E-state index contributed by atoms with van der Waals surface area (Å²) in [6, 6.07) is 17.3. The summed E-state index contributed by atoms with van der Waals surface area (Å²) in [6.07, 6.45) is 9.00. The molecule has 0 aliphatic carbocycles. The average molecular weight is 930 g/mol. The van der Waals surface area contributed by atoms with E-state index in [0.29, 0.717) is 54.4 Å². The van der Waals surface area contributed by atoms with Crippen LogP contribution in [0.25, 0.3) is 11.1 Å². The van der Waals surface area contributed by atoms with E-state index in [0.717, 1.165) is 98.4 Å². The maximum absolute atomic E-state index is 13.3. The predicted octanol–water partition coefficient (Wildman–Crippen LogP) is 5.61. The lowest BCUT2D eigenvalue weighted by molar-refractivity contribution is -0.136. The van der Waals surface area contributed by atoms with E-state index < -0.39 is 19.1 Å². The zero-order valence-electron chi connectivity index (χ0n) is 39.0. The molecule has 4 aliphatic heterocycles. The molecule has 3 saturated heterocycles. The number of hydrogen-bond donors (Lipinski definition) is 3. The molecule has 1 unspecified atom stereocenters. The number of aryl methyl sites for hydroxylation is 2. The summed E-state index contributed by atoms with van der Waals surface area (Å²) in [5.74, 6) is 1.42. The number of piperidine rings is 2. The van der Waals surface area contributed by atoms with Crippen LogP contribution in [0.4, 0.5) is 28.8 Å². The van der Waals surface area contributed by atoms with Crippen LogP contribution in [0.1, 0.15) is 54.1 Å². The highest BCUT2D eigenvalue weighted by molar-refractivity contribution is 7.70. The molecule has 17 nitrogen and oxygen atoms in total. The molecule has 3 fully saturated rings. The fraction of sp³-hybridized carbons (Fsp3) is 0.429. The number of methoxy groups -OCH3 is 1. The van der Waals surface area contributed by atoms with Crippen LogP contribution in [0.15, 0.2) is 73.2 Å². The summed E-state index contributed by atoms with van der Waals surface area (Å²) >= 11 is 0. The quantitative estimate of drug-likeness (QED) is 0.0872. The van der Waals surface area contributed by atoms with Gasteiger partial charge in [0.2, 0.25) is 17.8 Å². The normalized spacial score (nSPS) is 18.5. The molecule has 3 N–H and O–H groups in total. The van der Waals surface area contributed by atoms with Crippen molar-refractivity contribution in [1.29, 1.82) is 0 Å². The third-order valence-electron chi connectivity index (χ3n) is 13.5. The molecule has 0 radical (unpaired) electrons. The van der Waals surface area contributed by atoms with Crippen LogP contribution >= 0.6 is 7.14 Å². The summed E-state index contributed by atoms with van der Waals surface area (Å²) in [4.78, 5) is 56.3. The van der Waals surface area contributed by atoms with E-state index in [1.54, 1.807) is 48.5 Å². The lowest BCUT2D eigenvalue weighted by Gasteiger charge is -2.43. The fourth-order valence-corrected chi connectivity index (χ4v) is 11.0. The molecule has 1 atom stereocenters. The largest absolute Gasteiger partial charge is 0.494 e. The number of carbonyl (C=O) groups is 3. The Labute approximate surface area is 391 Å². The Kier molecular flexibility index (Phi) is 13.4. The number of imide groups is 1. The van der Waals surface area contributed by atoms with Gasteiger partial charge in [-0.05, 0) is 74.9 Å². The third kappa shape index (κ3) is 9.90. The second kappa shape index (κ2) is 19.5. The smallest absolute Gasteiger partial charge is 0.255 e. The molecule has 3 aromatic carbocycles. The number of amides is 3. The van der Waals surface area contributed by atoms with Crippen molar-refractivity contribution in [1.82, 2.24) is 39.8 Å². The Morgan fingerprint density at radius 1 is 0.881 bits per heavy atom. The van der Waals surface area contributed by atoms with E-state index in [2.05, 4.69) is 54.8 Å². The molecule has 5 aromatic rings. The lowest BCUT2D eigenvalue weighted by atomic mass is 9.99. The van der Waals surface area contributed by atoms with Crippen LogP contribution < -0.4 is 35.6 Å². The zero-order valence-corrected chi connectivity index (χ0v) is 39.9. The number of para-hydroxylation sites is 1. The van der Waals surface area contributed by atoms with Gasteiger partial charge in [0.05, 0.1) is 31.2 Å². The van der Waals surface area contributed by atoms with Gasteiger partial charge in [-0.1, -0.05) is 25.1 Å². The molecule has 18 heteroatoms. The van der Waals surface area contributed by atoms with Crippen molar-refractivity contribution in [3.05, 3.63) is 89.9 Å². The predicted molar refractivity (Wildman–Crippen MR) is 260 cm³/mol. The number of fused-ring (bicyclic) bond motifs is 1. The summed E-state index contributed by atoms with van der Waals surface area (Å²) in [5.41, 5.74) is 6.86. The highest BCUT2D eigenvalue weighted by atomic mass is 31.2. The van der Waals surface area contributed by atoms with Crippen molar-refractivity contribution in [2.24, 2.45) is 7.05 Å². The molecular formula is C49H60N11O6P. The number of hydrogen-bond acceptors (Lipinski definition) is 14. The number of anilines is 5. The van der Waals surface area contributed by atoms with Crippen molar-refractivity contribution >= 4 is 59.0 Å². The molecule has 2 aromatic heterocycles. The van der Waals surface area contributed by atoms with E-state index in [1.807, 2.05) is 49.6 Å². The number of carbonyl (C=O) groups excluding carboxylic acids is 3. The summed E-state index contributed by atoms with van der Waals surface area (Å²) < 4.78 is 27.3. The first-order chi connectivity index (χ1) is 32.4. The van der Waals surface area contributed by atoms with Crippen LogP contribution in [-0.4, -0.2) is 137 Å². The van der Waals surface area contributed by atoms with Crippen LogP contribution in [-0.2, 0) is 34.2 Å². The van der Waals surface area contributed by atoms with Gasteiger partial charge < -0.3 is 34.5 Å². The minimum atomic E-state index is -2.60. The van der Waals surface area contributed by atoms with E-state index in [4.69, 9.17) is 19.4 Å². The van der Waals surface area contributed by atoms with Crippen LogP contribution in [0.3, 0.4) is 0 Å². The minimum Gasteiger partial charge on any atom is -0.494 e. The zero-order chi connectivity index (χ0) is 46.8. The molecule has 3 amide bonds. The van der Waals surface area contributed by atoms with Gasteiger partial charge >= 0.3 is 0 Å². The van der Waals surface area contributed by atoms with Crippen molar-refractivity contribution in [2.45, 2.75) is 57.7 Å². The highest BCUT2D eigenvalue weighted by Gasteiger charge is 2.40. The fourth-order valence-electron chi connectivity index (χ4n) is 9.87. The number of aromatic nitrogens is 4. The Morgan fingerprint density at radius 2 is 1.67 bits per heavy atom. The number of nitrogens with one attached hydrogen (secondary N) is 3. The van der Waals surface area contributed by atoms with Crippen LogP contribution in [0, 0.1) is 0 Å². The van der Waals surface area contributed by atoms with Crippen molar-refractivity contribution < 1.29 is 28.4 Å². The second-order valence-electron chi connectivity index (χ2n) is 18.1. The first-order valence-corrected chi connectivity index (χ1v) is 25.8. The molecule has 4 aliphatic rings. The first-order valence-electron chi connectivity index (χ1n) is 23.2. The Balaban J connectivity index is 0.797. The second-order valence-corrected chi connectivity index (χ2v) is 21.3. The van der Waals surface area contributed by atoms with E-state index >= 15 is 0 Å². The monoisotopic (exact) mass is 929 g/mol. The van der Waals surface area contributed by atoms with Crippen molar-refractivity contribution in [3.63, 3.8) is 0 Å². The summed E-state index contributed by atoms with van der Waals surface area (Å²) in [7, 11) is 0.954. The Bertz CT molecular complexity index is 2710. The maximum Gasteiger partial charge on any atom is 0.255 e. The first kappa shape index (κ1) is 45.8. The topological polar surface area (TPSA) is 179 Å². The molecule has 0 bridgehead atoms.